The van der Waals surface area contributed by atoms with Crippen molar-refractivity contribution in [3.8, 4) is 16.9 Å². The van der Waals surface area contributed by atoms with Crippen LogP contribution in [0.3, 0.4) is 0 Å². The molecule has 0 radical (unpaired) electrons. The van der Waals surface area contributed by atoms with Crippen molar-refractivity contribution in [2.45, 2.75) is 26.6 Å². The summed E-state index contributed by atoms with van der Waals surface area (Å²) in [5, 5.41) is 7.69. The summed E-state index contributed by atoms with van der Waals surface area (Å²) in [6.45, 7) is 3.59. The van der Waals surface area contributed by atoms with E-state index >= 15 is 0 Å². The Morgan fingerprint density at radius 1 is 1.18 bits per heavy atom. The van der Waals surface area contributed by atoms with Crippen LogP contribution in [0, 0.1) is 5.82 Å². The number of hydrogen-bond donors (Lipinski definition) is 1. The van der Waals surface area contributed by atoms with Crippen LogP contribution in [-0.2, 0) is 6.67 Å². The zero-order valence-electron chi connectivity index (χ0n) is 18.7. The van der Waals surface area contributed by atoms with Gasteiger partial charge >= 0.3 is 0 Å². The van der Waals surface area contributed by atoms with Crippen LogP contribution >= 0.6 is 0 Å². The summed E-state index contributed by atoms with van der Waals surface area (Å²) in [4.78, 5) is 15.0. The molecule has 1 amide bonds. The molecule has 4 rings (SSSR count). The first-order valence-corrected chi connectivity index (χ1v) is 10.7. The first-order chi connectivity index (χ1) is 15.9. The van der Waals surface area contributed by atoms with Crippen molar-refractivity contribution in [3.63, 3.8) is 0 Å². The summed E-state index contributed by atoms with van der Waals surface area (Å²) >= 11 is 0. The van der Waals surface area contributed by atoms with Gasteiger partial charge in [0, 0.05) is 29.1 Å². The van der Waals surface area contributed by atoms with Crippen LogP contribution in [0.4, 0.5) is 8.78 Å². The summed E-state index contributed by atoms with van der Waals surface area (Å²) in [5.74, 6) is -0.0256. The molecule has 0 fully saturated rings. The van der Waals surface area contributed by atoms with Gasteiger partial charge in [-0.1, -0.05) is 24.3 Å². The third-order valence-corrected chi connectivity index (χ3v) is 5.90. The molecule has 0 spiro atoms. The van der Waals surface area contributed by atoms with Gasteiger partial charge in [-0.15, -0.1) is 0 Å². The Morgan fingerprint density at radius 2 is 2.00 bits per heavy atom. The van der Waals surface area contributed by atoms with E-state index in [-0.39, 0.29) is 17.8 Å². The number of fused-ring (bicyclic) bond motifs is 1. The molecule has 0 saturated heterocycles. The predicted octanol–water partition coefficient (Wildman–Crippen LogP) is 6.07. The molecule has 1 atom stereocenters. The van der Waals surface area contributed by atoms with Crippen LogP contribution in [-0.4, -0.2) is 34.7 Å². The highest BCUT2D eigenvalue weighted by molar-refractivity contribution is 5.96. The molecule has 0 unspecified atom stereocenters. The lowest BCUT2D eigenvalue weighted by Crippen LogP contribution is -2.30. The molecule has 1 aromatic heterocycles. The van der Waals surface area contributed by atoms with Crippen LogP contribution < -0.4 is 4.74 Å². The lowest BCUT2D eigenvalue weighted by Gasteiger charge is -2.26. The molecule has 7 heteroatoms. The van der Waals surface area contributed by atoms with Gasteiger partial charge in [0.2, 0.25) is 0 Å². The Morgan fingerprint density at radius 3 is 2.73 bits per heavy atom. The predicted molar refractivity (Wildman–Crippen MR) is 124 cm³/mol. The number of nitrogens with zero attached hydrogens (tertiary/aromatic N) is 2. The highest BCUT2D eigenvalue weighted by Gasteiger charge is 2.23. The number of benzene rings is 3. The van der Waals surface area contributed by atoms with E-state index in [2.05, 4.69) is 10.2 Å². The average molecular weight is 450 g/mol. The van der Waals surface area contributed by atoms with Crippen molar-refractivity contribution in [2.75, 3.05) is 13.7 Å². The number of halogens is 2. The first-order valence-electron chi connectivity index (χ1n) is 10.7. The smallest absolute Gasteiger partial charge is 0.254 e. The van der Waals surface area contributed by atoms with E-state index in [1.54, 1.807) is 54.5 Å². The van der Waals surface area contributed by atoms with Gasteiger partial charge in [0.25, 0.3) is 5.91 Å². The maximum Gasteiger partial charge on any atom is 0.254 e. The molecule has 1 N–H and O–H groups in total. The van der Waals surface area contributed by atoms with E-state index in [1.165, 1.54) is 12.1 Å². The summed E-state index contributed by atoms with van der Waals surface area (Å²) in [5.41, 5.74) is 3.95. The molecule has 0 bridgehead atoms. The van der Waals surface area contributed by atoms with Crippen molar-refractivity contribution in [1.82, 2.24) is 15.1 Å². The van der Waals surface area contributed by atoms with Crippen LogP contribution in [0.15, 0.2) is 60.8 Å². The molecule has 1 heterocycles. The number of ether oxygens (including phenoxy) is 1. The number of hydrogen-bond acceptors (Lipinski definition) is 3. The van der Waals surface area contributed by atoms with E-state index in [1.807, 2.05) is 19.9 Å². The van der Waals surface area contributed by atoms with Gasteiger partial charge in [0.05, 0.1) is 24.4 Å². The molecule has 4 aromatic rings. The number of nitrogens with one attached hydrogen (secondary N) is 1. The van der Waals surface area contributed by atoms with E-state index < -0.39 is 6.67 Å². The molecule has 0 aliphatic heterocycles. The number of rotatable bonds is 7. The molecular formula is C26H25F2N3O2. The summed E-state index contributed by atoms with van der Waals surface area (Å²) in [6, 6.07) is 14.7. The monoisotopic (exact) mass is 449 g/mol. The maximum atomic E-state index is 13.7. The Balaban J connectivity index is 1.66. The SMILES string of the molecule is CCOc1cc(C(=O)N(C)[C@H](C)c2ccc(CF)c3cn[nH]c23)ccc1-c1cccc(F)c1. The van der Waals surface area contributed by atoms with Gasteiger partial charge in [-0.2, -0.15) is 5.10 Å². The van der Waals surface area contributed by atoms with Crippen LogP contribution in [0.1, 0.15) is 41.4 Å². The van der Waals surface area contributed by atoms with Crippen molar-refractivity contribution in [3.05, 3.63) is 83.3 Å². The van der Waals surface area contributed by atoms with Gasteiger partial charge in [-0.25, -0.2) is 8.78 Å². The minimum atomic E-state index is -0.586. The molecule has 33 heavy (non-hydrogen) atoms. The van der Waals surface area contributed by atoms with E-state index in [0.29, 0.717) is 45.5 Å². The number of H-pyrrole nitrogens is 1. The van der Waals surface area contributed by atoms with E-state index in [4.69, 9.17) is 4.74 Å². The number of amides is 1. The van der Waals surface area contributed by atoms with Crippen LogP contribution in [0.2, 0.25) is 0 Å². The quantitative estimate of drug-likeness (QED) is 0.373. The Kier molecular flexibility index (Phi) is 6.40. The second-order valence-corrected chi connectivity index (χ2v) is 7.85. The lowest BCUT2D eigenvalue weighted by atomic mass is 9.99. The maximum absolute atomic E-state index is 13.7. The molecule has 170 valence electrons. The summed E-state index contributed by atoms with van der Waals surface area (Å²) < 4.78 is 32.8. The molecule has 0 aliphatic rings. The first kappa shape index (κ1) is 22.5. The lowest BCUT2D eigenvalue weighted by molar-refractivity contribution is 0.0743. The van der Waals surface area contributed by atoms with Crippen LogP contribution in [0.5, 0.6) is 5.75 Å². The Bertz CT molecular complexity index is 1300. The highest BCUT2D eigenvalue weighted by atomic mass is 19.1. The second kappa shape index (κ2) is 9.40. The molecule has 0 saturated carbocycles. The highest BCUT2D eigenvalue weighted by Crippen LogP contribution is 2.33. The number of aromatic amines is 1. The van der Waals surface area contributed by atoms with E-state index in [9.17, 15) is 13.6 Å². The van der Waals surface area contributed by atoms with Crippen molar-refractivity contribution < 1.29 is 18.3 Å². The summed E-state index contributed by atoms with van der Waals surface area (Å²) in [7, 11) is 1.72. The van der Waals surface area contributed by atoms with Crippen molar-refractivity contribution >= 4 is 16.8 Å². The number of carbonyl (C=O) groups excluding carboxylic acids is 1. The Hall–Kier alpha value is -3.74. The number of aromatic nitrogens is 2. The Labute approximate surface area is 191 Å². The standard InChI is InChI=1S/C26H25F2N3O2/c1-4-33-24-13-18(8-11-22(24)17-6-5-7-20(28)12-17)26(32)31(3)16(2)21-10-9-19(14-27)23-15-29-30-25(21)23/h5-13,15-16H,4,14H2,1-3H3,(H,29,30)/t16-/m1/s1. The van der Waals surface area contributed by atoms with Gasteiger partial charge in [-0.3, -0.25) is 9.89 Å². The van der Waals surface area contributed by atoms with Crippen LogP contribution in [0.25, 0.3) is 22.0 Å². The fraction of sp³-hybridized carbons (Fsp3) is 0.231. The fourth-order valence-electron chi connectivity index (χ4n) is 3.99. The largest absolute Gasteiger partial charge is 0.493 e. The normalized spacial score (nSPS) is 12.0. The molecule has 0 aliphatic carbocycles. The van der Waals surface area contributed by atoms with Crippen molar-refractivity contribution in [2.24, 2.45) is 0 Å². The zero-order valence-corrected chi connectivity index (χ0v) is 18.7. The topological polar surface area (TPSA) is 58.2 Å². The van der Waals surface area contributed by atoms with Gasteiger partial charge < -0.3 is 9.64 Å². The molecule has 3 aromatic carbocycles. The van der Waals surface area contributed by atoms with Gasteiger partial charge in [-0.05, 0) is 55.3 Å². The minimum absolute atomic E-state index is 0.198. The third kappa shape index (κ3) is 4.31. The average Bonchev–Trinajstić information content (AvgIpc) is 3.32. The fourth-order valence-corrected chi connectivity index (χ4v) is 3.99. The number of carbonyl (C=O) groups is 1. The zero-order chi connectivity index (χ0) is 23.5. The third-order valence-electron chi connectivity index (χ3n) is 5.90. The molecular weight excluding hydrogens is 424 g/mol. The number of alkyl halides is 1. The van der Waals surface area contributed by atoms with Gasteiger partial charge in [0.1, 0.15) is 18.2 Å². The van der Waals surface area contributed by atoms with E-state index in [0.717, 1.165) is 5.56 Å². The minimum Gasteiger partial charge on any atom is -0.493 e. The van der Waals surface area contributed by atoms with Gasteiger partial charge in [0.15, 0.2) is 0 Å². The van der Waals surface area contributed by atoms with Crippen molar-refractivity contribution in [1.29, 1.82) is 0 Å². The molecule has 5 nitrogen and oxygen atoms in total. The second-order valence-electron chi connectivity index (χ2n) is 7.85. The summed E-state index contributed by atoms with van der Waals surface area (Å²) in [6.07, 6.45) is 1.60.